The predicted molar refractivity (Wildman–Crippen MR) is 115 cm³/mol. The number of aromatic nitrogens is 2. The topological polar surface area (TPSA) is 88.6 Å². The van der Waals surface area contributed by atoms with Crippen LogP contribution in [0.25, 0.3) is 11.0 Å². The summed E-state index contributed by atoms with van der Waals surface area (Å²) in [7, 11) is 1.59. The molecule has 0 atom stereocenters. The van der Waals surface area contributed by atoms with Crippen LogP contribution in [0.15, 0.2) is 78.2 Å². The Kier molecular flexibility index (Phi) is 5.70. The number of benzene rings is 3. The molecule has 1 amide bonds. The van der Waals surface area contributed by atoms with Gasteiger partial charge in [0.2, 0.25) is 0 Å². The first kappa shape index (κ1) is 19.2. The van der Waals surface area contributed by atoms with E-state index in [9.17, 15) is 4.79 Å². The van der Waals surface area contributed by atoms with Gasteiger partial charge in [0.05, 0.1) is 30.7 Å². The van der Waals surface area contributed by atoms with Crippen molar-refractivity contribution in [2.24, 2.45) is 5.10 Å². The zero-order chi connectivity index (χ0) is 20.8. The van der Waals surface area contributed by atoms with E-state index in [0.29, 0.717) is 23.7 Å². The maximum absolute atomic E-state index is 12.3. The molecule has 7 heteroatoms. The van der Waals surface area contributed by atoms with Crippen LogP contribution in [-0.2, 0) is 6.61 Å². The van der Waals surface area contributed by atoms with Gasteiger partial charge in [0.1, 0.15) is 6.61 Å². The van der Waals surface area contributed by atoms with Gasteiger partial charge >= 0.3 is 0 Å². The largest absolute Gasteiger partial charge is 0.493 e. The first-order valence-electron chi connectivity index (χ1n) is 9.34. The number of imidazole rings is 1. The lowest BCUT2D eigenvalue weighted by Gasteiger charge is -2.11. The number of amides is 1. The second-order valence-electron chi connectivity index (χ2n) is 6.52. The van der Waals surface area contributed by atoms with E-state index in [4.69, 9.17) is 9.47 Å². The zero-order valence-corrected chi connectivity index (χ0v) is 16.3. The number of ether oxygens (including phenoxy) is 2. The third-order valence-corrected chi connectivity index (χ3v) is 4.49. The molecule has 2 N–H and O–H groups in total. The van der Waals surface area contributed by atoms with Crippen molar-refractivity contribution in [1.29, 1.82) is 0 Å². The Hall–Kier alpha value is -4.13. The number of hydrogen-bond donors (Lipinski definition) is 2. The average molecular weight is 400 g/mol. The van der Waals surface area contributed by atoms with E-state index in [2.05, 4.69) is 20.5 Å². The Bertz CT molecular complexity index is 1190. The Morgan fingerprint density at radius 3 is 2.80 bits per heavy atom. The van der Waals surface area contributed by atoms with Crippen LogP contribution in [0.3, 0.4) is 0 Å². The number of carbonyl (C=O) groups is 1. The van der Waals surface area contributed by atoms with Crippen molar-refractivity contribution in [2.45, 2.75) is 6.61 Å². The quantitative estimate of drug-likeness (QED) is 0.364. The highest BCUT2D eigenvalue weighted by Crippen LogP contribution is 2.28. The van der Waals surface area contributed by atoms with Crippen molar-refractivity contribution in [2.75, 3.05) is 7.11 Å². The molecular formula is C23H20N4O3. The monoisotopic (exact) mass is 400 g/mol. The molecule has 1 heterocycles. The van der Waals surface area contributed by atoms with E-state index in [1.807, 2.05) is 42.5 Å². The zero-order valence-electron chi connectivity index (χ0n) is 16.3. The summed E-state index contributed by atoms with van der Waals surface area (Å²) in [5.41, 5.74) is 6.44. The number of nitrogens with one attached hydrogen (secondary N) is 2. The van der Waals surface area contributed by atoms with Gasteiger partial charge < -0.3 is 14.5 Å². The lowest BCUT2D eigenvalue weighted by atomic mass is 10.2. The molecule has 4 aromatic rings. The van der Waals surface area contributed by atoms with Crippen LogP contribution >= 0.6 is 0 Å². The lowest BCUT2D eigenvalue weighted by Crippen LogP contribution is -2.17. The fourth-order valence-electron chi connectivity index (χ4n) is 2.93. The maximum atomic E-state index is 12.3. The summed E-state index contributed by atoms with van der Waals surface area (Å²) in [5.74, 6) is 0.915. The molecule has 0 fully saturated rings. The minimum Gasteiger partial charge on any atom is -0.493 e. The number of H-pyrrole nitrogens is 1. The highest BCUT2D eigenvalue weighted by molar-refractivity contribution is 5.97. The highest BCUT2D eigenvalue weighted by atomic mass is 16.5. The van der Waals surface area contributed by atoms with Crippen LogP contribution in [0, 0.1) is 0 Å². The molecular weight excluding hydrogens is 380 g/mol. The third-order valence-electron chi connectivity index (χ3n) is 4.49. The van der Waals surface area contributed by atoms with E-state index >= 15 is 0 Å². The molecule has 30 heavy (non-hydrogen) atoms. The van der Waals surface area contributed by atoms with Gasteiger partial charge in [-0.2, -0.15) is 5.10 Å². The molecule has 7 nitrogen and oxygen atoms in total. The minimum absolute atomic E-state index is 0.309. The van der Waals surface area contributed by atoms with Gasteiger partial charge in [0.15, 0.2) is 11.5 Å². The highest BCUT2D eigenvalue weighted by Gasteiger charge is 2.08. The van der Waals surface area contributed by atoms with Crippen molar-refractivity contribution in [1.82, 2.24) is 15.4 Å². The molecule has 0 saturated heterocycles. The first-order valence-corrected chi connectivity index (χ1v) is 9.34. The molecule has 150 valence electrons. The van der Waals surface area contributed by atoms with Gasteiger partial charge in [0, 0.05) is 5.56 Å². The summed E-state index contributed by atoms with van der Waals surface area (Å²) in [6.45, 7) is 0.421. The van der Waals surface area contributed by atoms with Crippen LogP contribution in [0.5, 0.6) is 11.5 Å². The minimum atomic E-state index is -0.309. The summed E-state index contributed by atoms with van der Waals surface area (Å²) < 4.78 is 11.3. The molecule has 0 unspecified atom stereocenters. The first-order chi connectivity index (χ1) is 14.7. The molecule has 0 bridgehead atoms. The van der Waals surface area contributed by atoms with Crippen molar-refractivity contribution in [3.63, 3.8) is 0 Å². The molecule has 0 radical (unpaired) electrons. The Morgan fingerprint density at radius 2 is 1.97 bits per heavy atom. The molecule has 4 rings (SSSR count). The number of fused-ring (bicyclic) bond motifs is 1. The van der Waals surface area contributed by atoms with Gasteiger partial charge in [-0.1, -0.05) is 30.3 Å². The van der Waals surface area contributed by atoms with Crippen molar-refractivity contribution in [3.05, 3.63) is 89.7 Å². The molecule has 0 saturated carbocycles. The number of carbonyl (C=O) groups excluding carboxylic acids is 1. The standard InChI is InChI=1S/C23H20N4O3/c1-29-21-10-7-17(11-22(21)30-14-16-5-3-2-4-6-16)13-26-27-23(28)18-8-9-19-20(12-18)25-15-24-19/h2-13,15H,14H2,1H3,(H,24,25)(H,27,28). The summed E-state index contributed by atoms with van der Waals surface area (Å²) in [6.07, 6.45) is 3.15. The van der Waals surface area contributed by atoms with Crippen molar-refractivity contribution >= 4 is 23.2 Å². The molecule has 0 aliphatic heterocycles. The second-order valence-corrected chi connectivity index (χ2v) is 6.52. The smallest absolute Gasteiger partial charge is 0.271 e. The predicted octanol–water partition coefficient (Wildman–Crippen LogP) is 3.91. The van der Waals surface area contributed by atoms with E-state index in [0.717, 1.165) is 22.2 Å². The number of nitrogens with zero attached hydrogens (tertiary/aromatic N) is 2. The van der Waals surface area contributed by atoms with Gasteiger partial charge in [-0.3, -0.25) is 4.79 Å². The second kappa shape index (κ2) is 8.91. The Morgan fingerprint density at radius 1 is 1.10 bits per heavy atom. The number of hydrogen-bond acceptors (Lipinski definition) is 5. The summed E-state index contributed by atoms with van der Waals surface area (Å²) >= 11 is 0. The van der Waals surface area contributed by atoms with Gasteiger partial charge in [0.25, 0.3) is 5.91 Å². The number of hydrazone groups is 1. The van der Waals surface area contributed by atoms with E-state index in [-0.39, 0.29) is 5.91 Å². The van der Waals surface area contributed by atoms with Crippen LogP contribution in [0.2, 0.25) is 0 Å². The molecule has 1 aromatic heterocycles. The summed E-state index contributed by atoms with van der Waals surface area (Å²) in [4.78, 5) is 19.4. The van der Waals surface area contributed by atoms with Crippen LogP contribution in [0.1, 0.15) is 21.5 Å². The number of aromatic amines is 1. The van der Waals surface area contributed by atoms with E-state index < -0.39 is 0 Å². The Labute approximate surface area is 173 Å². The van der Waals surface area contributed by atoms with Crippen LogP contribution < -0.4 is 14.9 Å². The Balaban J connectivity index is 1.42. The van der Waals surface area contributed by atoms with E-state index in [1.165, 1.54) is 0 Å². The van der Waals surface area contributed by atoms with E-state index in [1.54, 1.807) is 43.9 Å². The SMILES string of the molecule is COc1ccc(C=NNC(=O)c2ccc3nc[nH]c3c2)cc1OCc1ccccc1. The molecule has 0 aliphatic rings. The van der Waals surface area contributed by atoms with Crippen molar-refractivity contribution in [3.8, 4) is 11.5 Å². The fourth-order valence-corrected chi connectivity index (χ4v) is 2.93. The molecule has 0 aliphatic carbocycles. The molecule has 3 aromatic carbocycles. The summed E-state index contributed by atoms with van der Waals surface area (Å²) in [5, 5.41) is 4.05. The number of rotatable bonds is 7. The van der Waals surface area contributed by atoms with Gasteiger partial charge in [-0.15, -0.1) is 0 Å². The van der Waals surface area contributed by atoms with Crippen LogP contribution in [-0.4, -0.2) is 29.2 Å². The van der Waals surface area contributed by atoms with Crippen LogP contribution in [0.4, 0.5) is 0 Å². The van der Waals surface area contributed by atoms with Crippen molar-refractivity contribution < 1.29 is 14.3 Å². The maximum Gasteiger partial charge on any atom is 0.271 e. The third kappa shape index (κ3) is 4.47. The van der Waals surface area contributed by atoms with Gasteiger partial charge in [-0.25, -0.2) is 10.4 Å². The average Bonchev–Trinajstić information content (AvgIpc) is 3.26. The number of methoxy groups -OCH3 is 1. The molecule has 0 spiro atoms. The normalized spacial score (nSPS) is 11.0. The fraction of sp³-hybridized carbons (Fsp3) is 0.0870. The van der Waals surface area contributed by atoms with Gasteiger partial charge in [-0.05, 0) is 47.5 Å². The lowest BCUT2D eigenvalue weighted by molar-refractivity contribution is 0.0955. The summed E-state index contributed by atoms with van der Waals surface area (Å²) in [6, 6.07) is 20.5.